The average Bonchev–Trinajstić information content (AvgIpc) is 2.39. The lowest BCUT2D eigenvalue weighted by Crippen LogP contribution is -1.95. The summed E-state index contributed by atoms with van der Waals surface area (Å²) in [4.78, 5) is 15.1. The van der Waals surface area contributed by atoms with Gasteiger partial charge in [0, 0.05) is 23.7 Å². The fourth-order valence-electron chi connectivity index (χ4n) is 1.65. The first kappa shape index (κ1) is 11.5. The van der Waals surface area contributed by atoms with Gasteiger partial charge >= 0.3 is 0 Å². The molecule has 0 radical (unpaired) electrons. The molecule has 3 heteroatoms. The second kappa shape index (κ2) is 4.87. The number of Topliss-reactive ketones (excluding diaryl/α,β-unsaturated/α-hetero) is 1. The predicted octanol–water partition coefficient (Wildman–Crippen LogP) is 3.48. The van der Waals surface area contributed by atoms with Crippen molar-refractivity contribution in [2.75, 3.05) is 0 Å². The summed E-state index contributed by atoms with van der Waals surface area (Å²) in [7, 11) is 0. The molecule has 0 saturated heterocycles. The van der Waals surface area contributed by atoms with Crippen LogP contribution in [0, 0.1) is 5.82 Å². The lowest BCUT2D eigenvalue weighted by molar-refractivity contribution is 0.0988. The number of aromatic nitrogens is 1. The van der Waals surface area contributed by atoms with E-state index in [0.717, 1.165) is 5.56 Å². The van der Waals surface area contributed by atoms with Gasteiger partial charge in [-0.15, -0.1) is 0 Å². The zero-order valence-corrected chi connectivity index (χ0v) is 9.48. The highest BCUT2D eigenvalue weighted by atomic mass is 19.1. The summed E-state index contributed by atoms with van der Waals surface area (Å²) in [6.07, 6.45) is 3.20. The Morgan fingerprint density at radius 3 is 2.53 bits per heavy atom. The predicted molar refractivity (Wildman–Crippen MR) is 64.3 cm³/mol. The molecule has 0 unspecified atom stereocenters. The van der Waals surface area contributed by atoms with E-state index in [1.807, 2.05) is 6.92 Å². The fourth-order valence-corrected chi connectivity index (χ4v) is 1.65. The van der Waals surface area contributed by atoms with Gasteiger partial charge in [0.2, 0.25) is 0 Å². The minimum Gasteiger partial charge on any atom is -0.294 e. The van der Waals surface area contributed by atoms with E-state index in [0.29, 0.717) is 17.5 Å². The van der Waals surface area contributed by atoms with Crippen LogP contribution in [0.5, 0.6) is 0 Å². The van der Waals surface area contributed by atoms with Crippen LogP contribution in [0.1, 0.15) is 23.7 Å². The van der Waals surface area contributed by atoms with Gasteiger partial charge in [0.1, 0.15) is 5.82 Å². The van der Waals surface area contributed by atoms with Gasteiger partial charge in [-0.1, -0.05) is 31.2 Å². The molecule has 17 heavy (non-hydrogen) atoms. The van der Waals surface area contributed by atoms with Crippen molar-refractivity contribution in [3.8, 4) is 11.1 Å². The number of hydrogen-bond donors (Lipinski definition) is 0. The number of benzene rings is 1. The quantitative estimate of drug-likeness (QED) is 0.754. The Balaban J connectivity index is 2.36. The van der Waals surface area contributed by atoms with Crippen molar-refractivity contribution >= 4 is 5.78 Å². The van der Waals surface area contributed by atoms with E-state index in [1.54, 1.807) is 36.5 Å². The first-order valence-electron chi connectivity index (χ1n) is 5.45. The van der Waals surface area contributed by atoms with Crippen LogP contribution in [0.15, 0.2) is 42.7 Å². The highest BCUT2D eigenvalue weighted by Crippen LogP contribution is 2.22. The smallest absolute Gasteiger partial charge is 0.162 e. The van der Waals surface area contributed by atoms with E-state index in [1.165, 1.54) is 6.20 Å². The fraction of sp³-hybridized carbons (Fsp3) is 0.143. The number of carbonyl (C=O) groups is 1. The van der Waals surface area contributed by atoms with E-state index in [4.69, 9.17) is 0 Å². The van der Waals surface area contributed by atoms with Gasteiger partial charge in [-0.05, 0) is 11.6 Å². The first-order chi connectivity index (χ1) is 8.22. The average molecular weight is 229 g/mol. The number of halogens is 1. The number of hydrogen-bond acceptors (Lipinski definition) is 2. The Morgan fingerprint density at radius 2 is 1.94 bits per heavy atom. The van der Waals surface area contributed by atoms with Crippen molar-refractivity contribution in [3.05, 3.63) is 54.1 Å². The Kier molecular flexibility index (Phi) is 3.28. The molecule has 86 valence electrons. The maximum atomic E-state index is 13.5. The van der Waals surface area contributed by atoms with Crippen LogP contribution in [0.2, 0.25) is 0 Å². The summed E-state index contributed by atoms with van der Waals surface area (Å²) in [6.45, 7) is 1.82. The molecule has 0 atom stereocenters. The van der Waals surface area contributed by atoms with E-state index in [9.17, 15) is 9.18 Å². The Hall–Kier alpha value is -2.03. The van der Waals surface area contributed by atoms with Crippen LogP contribution in [0.25, 0.3) is 11.1 Å². The van der Waals surface area contributed by atoms with Gasteiger partial charge < -0.3 is 0 Å². The van der Waals surface area contributed by atoms with Crippen molar-refractivity contribution in [1.29, 1.82) is 0 Å². The summed E-state index contributed by atoms with van der Waals surface area (Å²) in [5, 5.41) is 0. The maximum absolute atomic E-state index is 13.5. The molecule has 2 rings (SSSR count). The number of pyridine rings is 1. The SMILES string of the molecule is CCC(=O)c1ccc(-c2ccncc2F)cc1. The van der Waals surface area contributed by atoms with Gasteiger partial charge in [-0.2, -0.15) is 0 Å². The van der Waals surface area contributed by atoms with Crippen molar-refractivity contribution in [2.45, 2.75) is 13.3 Å². The van der Waals surface area contributed by atoms with E-state index < -0.39 is 0 Å². The zero-order valence-electron chi connectivity index (χ0n) is 9.48. The van der Waals surface area contributed by atoms with Crippen LogP contribution in [0.3, 0.4) is 0 Å². The normalized spacial score (nSPS) is 10.2. The highest BCUT2D eigenvalue weighted by Gasteiger charge is 2.06. The molecule has 0 bridgehead atoms. The Labute approximate surface area is 99.1 Å². The largest absolute Gasteiger partial charge is 0.294 e. The Bertz CT molecular complexity index is 534. The number of rotatable bonds is 3. The van der Waals surface area contributed by atoms with Crippen LogP contribution in [-0.2, 0) is 0 Å². The molecule has 2 nitrogen and oxygen atoms in total. The molecule has 0 aliphatic heterocycles. The van der Waals surface area contributed by atoms with Gasteiger partial charge in [0.05, 0.1) is 6.20 Å². The lowest BCUT2D eigenvalue weighted by atomic mass is 10.0. The van der Waals surface area contributed by atoms with Crippen molar-refractivity contribution in [2.24, 2.45) is 0 Å². The summed E-state index contributed by atoms with van der Waals surface area (Å²) in [5.41, 5.74) is 1.90. The van der Waals surface area contributed by atoms with Gasteiger partial charge in [0.15, 0.2) is 5.78 Å². The molecular weight excluding hydrogens is 217 g/mol. The maximum Gasteiger partial charge on any atom is 0.162 e. The first-order valence-corrected chi connectivity index (χ1v) is 5.45. The van der Waals surface area contributed by atoms with Crippen LogP contribution < -0.4 is 0 Å². The molecule has 0 N–H and O–H groups in total. The third-order valence-electron chi connectivity index (χ3n) is 2.61. The number of nitrogens with zero attached hydrogens (tertiary/aromatic N) is 1. The summed E-state index contributed by atoms with van der Waals surface area (Å²) in [6, 6.07) is 8.57. The van der Waals surface area contributed by atoms with Crippen molar-refractivity contribution in [3.63, 3.8) is 0 Å². The second-order valence-corrected chi connectivity index (χ2v) is 3.71. The number of ketones is 1. The van der Waals surface area contributed by atoms with Crippen LogP contribution in [-0.4, -0.2) is 10.8 Å². The monoisotopic (exact) mass is 229 g/mol. The molecule has 1 heterocycles. The molecule has 0 fully saturated rings. The molecule has 0 saturated carbocycles. The van der Waals surface area contributed by atoms with E-state index >= 15 is 0 Å². The minimum atomic E-state index is -0.359. The third kappa shape index (κ3) is 2.38. The molecule has 1 aromatic carbocycles. The van der Waals surface area contributed by atoms with Gasteiger partial charge in [-0.25, -0.2) is 4.39 Å². The van der Waals surface area contributed by atoms with Crippen LogP contribution in [0.4, 0.5) is 4.39 Å². The van der Waals surface area contributed by atoms with E-state index in [-0.39, 0.29) is 11.6 Å². The molecule has 0 amide bonds. The van der Waals surface area contributed by atoms with Gasteiger partial charge in [0.25, 0.3) is 0 Å². The zero-order chi connectivity index (χ0) is 12.3. The summed E-state index contributed by atoms with van der Waals surface area (Å²) >= 11 is 0. The third-order valence-corrected chi connectivity index (χ3v) is 2.61. The Morgan fingerprint density at radius 1 is 1.24 bits per heavy atom. The standard InChI is InChI=1S/C14H12FNO/c1-2-14(17)11-5-3-10(4-6-11)12-7-8-16-9-13(12)15/h3-9H,2H2,1H3. The second-order valence-electron chi connectivity index (χ2n) is 3.71. The molecular formula is C14H12FNO. The summed E-state index contributed by atoms with van der Waals surface area (Å²) < 4.78 is 13.5. The van der Waals surface area contributed by atoms with Crippen molar-refractivity contribution in [1.82, 2.24) is 4.98 Å². The molecule has 2 aromatic rings. The van der Waals surface area contributed by atoms with Crippen molar-refractivity contribution < 1.29 is 9.18 Å². The topological polar surface area (TPSA) is 30.0 Å². The van der Waals surface area contributed by atoms with E-state index in [2.05, 4.69) is 4.98 Å². The molecule has 1 aromatic heterocycles. The highest BCUT2D eigenvalue weighted by molar-refractivity contribution is 5.96. The number of carbonyl (C=O) groups excluding carboxylic acids is 1. The van der Waals surface area contributed by atoms with Crippen LogP contribution >= 0.6 is 0 Å². The van der Waals surface area contributed by atoms with Gasteiger partial charge in [-0.3, -0.25) is 9.78 Å². The molecule has 0 aliphatic carbocycles. The molecule has 0 spiro atoms. The summed E-state index contributed by atoms with van der Waals surface area (Å²) in [5.74, 6) is -0.270. The lowest BCUT2D eigenvalue weighted by Gasteiger charge is -2.04. The minimum absolute atomic E-state index is 0.0896. The molecule has 0 aliphatic rings.